The van der Waals surface area contributed by atoms with E-state index in [2.05, 4.69) is 5.32 Å². The molecule has 3 N–H and O–H groups in total. The number of hydrogen-bond acceptors (Lipinski definition) is 5. The van der Waals surface area contributed by atoms with Crippen LogP contribution in [0, 0.1) is 10.1 Å². The molecule has 6 nitrogen and oxygen atoms in total. The smallest absolute Gasteiger partial charge is 0.324 e. The van der Waals surface area contributed by atoms with Crippen LogP contribution in [0.4, 0.5) is 10.7 Å². The van der Waals surface area contributed by atoms with Gasteiger partial charge in [0.05, 0.1) is 4.92 Å². The summed E-state index contributed by atoms with van der Waals surface area (Å²) in [4.78, 5) is 21.2. The Hall–Kier alpha value is -2.41. The Kier molecular flexibility index (Phi) is 3.76. The van der Waals surface area contributed by atoms with Gasteiger partial charge < -0.3 is 11.1 Å². The van der Waals surface area contributed by atoms with Crippen LogP contribution in [0.15, 0.2) is 35.7 Å². The Morgan fingerprint density at radius 1 is 1.42 bits per heavy atom. The number of nitro groups is 1. The van der Waals surface area contributed by atoms with Crippen LogP contribution in [0.1, 0.15) is 15.9 Å². The number of nitrogens with one attached hydrogen (secondary N) is 1. The summed E-state index contributed by atoms with van der Waals surface area (Å²) in [6.45, 7) is 0.451. The lowest BCUT2D eigenvalue weighted by molar-refractivity contribution is -0.380. The van der Waals surface area contributed by atoms with Crippen LogP contribution in [-0.2, 0) is 6.54 Å². The minimum atomic E-state index is -0.491. The van der Waals surface area contributed by atoms with E-state index in [0.29, 0.717) is 12.1 Å². The number of anilines is 1. The number of nitrogens with two attached hydrogens (primary N) is 1. The molecule has 1 heterocycles. The number of hydrogen-bond donors (Lipinski definition) is 2. The molecule has 2 rings (SSSR count). The van der Waals surface area contributed by atoms with Crippen molar-refractivity contribution in [3.8, 4) is 0 Å². The third-order valence-corrected chi connectivity index (χ3v) is 3.39. The molecular formula is C12H11N3O3S. The predicted molar refractivity (Wildman–Crippen MR) is 73.3 cm³/mol. The van der Waals surface area contributed by atoms with Gasteiger partial charge in [-0.25, -0.2) is 0 Å². The summed E-state index contributed by atoms with van der Waals surface area (Å²) in [5.74, 6) is -0.491. The van der Waals surface area contributed by atoms with Gasteiger partial charge in [0.1, 0.15) is 0 Å². The van der Waals surface area contributed by atoms with Crippen molar-refractivity contribution in [3.63, 3.8) is 0 Å². The molecule has 0 aliphatic carbocycles. The molecule has 0 aliphatic rings. The van der Waals surface area contributed by atoms with Crippen molar-refractivity contribution in [3.05, 3.63) is 57.0 Å². The van der Waals surface area contributed by atoms with E-state index in [0.717, 1.165) is 22.6 Å². The first-order chi connectivity index (χ1) is 9.06. The first-order valence-electron chi connectivity index (χ1n) is 5.42. The van der Waals surface area contributed by atoms with Gasteiger partial charge in [0.2, 0.25) is 5.91 Å². The van der Waals surface area contributed by atoms with Gasteiger partial charge in [-0.05, 0) is 23.8 Å². The molecule has 0 saturated heterocycles. The van der Waals surface area contributed by atoms with E-state index in [-0.39, 0.29) is 5.00 Å². The Labute approximate surface area is 113 Å². The predicted octanol–water partition coefficient (Wildman–Crippen LogP) is 2.37. The Morgan fingerprint density at radius 2 is 2.21 bits per heavy atom. The van der Waals surface area contributed by atoms with Crippen molar-refractivity contribution in [2.75, 3.05) is 5.32 Å². The fourth-order valence-electron chi connectivity index (χ4n) is 1.54. The Bertz CT molecular complexity index is 624. The summed E-state index contributed by atoms with van der Waals surface area (Å²) < 4.78 is 0. The second kappa shape index (κ2) is 5.49. The van der Waals surface area contributed by atoms with Crippen molar-refractivity contribution in [1.82, 2.24) is 0 Å². The first kappa shape index (κ1) is 13.0. The van der Waals surface area contributed by atoms with Crippen LogP contribution < -0.4 is 11.1 Å². The van der Waals surface area contributed by atoms with Gasteiger partial charge in [0, 0.05) is 29.2 Å². The maximum absolute atomic E-state index is 11.0. The highest BCUT2D eigenvalue weighted by Gasteiger charge is 2.09. The molecule has 0 saturated carbocycles. The number of carbonyl (C=O) groups is 1. The summed E-state index contributed by atoms with van der Waals surface area (Å²) in [5, 5.41) is 15.5. The molecule has 1 aromatic carbocycles. The monoisotopic (exact) mass is 277 g/mol. The van der Waals surface area contributed by atoms with Gasteiger partial charge in [-0.1, -0.05) is 17.4 Å². The van der Waals surface area contributed by atoms with Crippen molar-refractivity contribution in [1.29, 1.82) is 0 Å². The summed E-state index contributed by atoms with van der Waals surface area (Å²) >= 11 is 1.09. The molecule has 0 bridgehead atoms. The quantitative estimate of drug-likeness (QED) is 0.647. The molecule has 0 unspecified atom stereocenters. The van der Waals surface area contributed by atoms with E-state index >= 15 is 0 Å². The van der Waals surface area contributed by atoms with Crippen molar-refractivity contribution in [2.45, 2.75) is 6.54 Å². The minimum Gasteiger partial charge on any atom is -0.381 e. The van der Waals surface area contributed by atoms with Gasteiger partial charge in [-0.2, -0.15) is 0 Å². The lowest BCUT2D eigenvalue weighted by atomic mass is 10.2. The number of nitrogens with zero attached hydrogens (tertiary/aromatic N) is 1. The maximum atomic E-state index is 11.0. The molecule has 0 spiro atoms. The molecule has 0 aliphatic heterocycles. The van der Waals surface area contributed by atoms with Crippen LogP contribution in [-0.4, -0.2) is 10.8 Å². The minimum absolute atomic E-state index is 0.114. The summed E-state index contributed by atoms with van der Waals surface area (Å²) in [6, 6.07) is 8.31. The van der Waals surface area contributed by atoms with Crippen LogP contribution >= 0.6 is 11.3 Å². The summed E-state index contributed by atoms with van der Waals surface area (Å²) in [7, 11) is 0. The van der Waals surface area contributed by atoms with Gasteiger partial charge in [0.15, 0.2) is 0 Å². The maximum Gasteiger partial charge on any atom is 0.324 e. The third-order valence-electron chi connectivity index (χ3n) is 2.46. The van der Waals surface area contributed by atoms with Gasteiger partial charge in [-0.3, -0.25) is 14.9 Å². The topological polar surface area (TPSA) is 98.3 Å². The molecule has 2 aromatic rings. The molecule has 0 radical (unpaired) electrons. The molecule has 1 aromatic heterocycles. The van der Waals surface area contributed by atoms with Crippen LogP contribution in [0.3, 0.4) is 0 Å². The normalized spacial score (nSPS) is 10.1. The second-order valence-electron chi connectivity index (χ2n) is 3.85. The third kappa shape index (κ3) is 3.29. The number of benzene rings is 1. The Balaban J connectivity index is 2.03. The summed E-state index contributed by atoms with van der Waals surface area (Å²) in [6.07, 6.45) is 0. The number of thiophene rings is 1. The zero-order valence-corrected chi connectivity index (χ0v) is 10.6. The highest BCUT2D eigenvalue weighted by molar-refractivity contribution is 7.13. The van der Waals surface area contributed by atoms with Gasteiger partial charge in [0.25, 0.3) is 0 Å². The van der Waals surface area contributed by atoms with Gasteiger partial charge in [-0.15, -0.1) is 0 Å². The molecule has 98 valence electrons. The lowest BCUT2D eigenvalue weighted by Gasteiger charge is -2.05. The van der Waals surface area contributed by atoms with E-state index < -0.39 is 10.8 Å². The SMILES string of the molecule is NC(=O)c1cccc(NCc2csc([N+](=O)[O-])c2)c1. The molecule has 1 amide bonds. The average Bonchev–Trinajstić information content (AvgIpc) is 2.85. The second-order valence-corrected chi connectivity index (χ2v) is 4.74. The van der Waals surface area contributed by atoms with Crippen molar-refractivity contribution in [2.24, 2.45) is 5.73 Å². The fraction of sp³-hybridized carbons (Fsp3) is 0.0833. The van der Waals surface area contributed by atoms with E-state index in [4.69, 9.17) is 5.73 Å². The number of rotatable bonds is 5. The van der Waals surface area contributed by atoms with Gasteiger partial charge >= 0.3 is 5.00 Å². The average molecular weight is 277 g/mol. The summed E-state index contributed by atoms with van der Waals surface area (Å²) in [5.41, 5.74) is 7.17. The van der Waals surface area contributed by atoms with Crippen molar-refractivity contribution < 1.29 is 9.72 Å². The lowest BCUT2D eigenvalue weighted by Crippen LogP contribution is -2.11. The fourth-order valence-corrected chi connectivity index (χ4v) is 2.27. The number of carbonyl (C=O) groups excluding carboxylic acids is 1. The Morgan fingerprint density at radius 3 is 2.84 bits per heavy atom. The first-order valence-corrected chi connectivity index (χ1v) is 6.30. The molecule has 7 heteroatoms. The van der Waals surface area contributed by atoms with Crippen LogP contribution in [0.5, 0.6) is 0 Å². The molecule has 19 heavy (non-hydrogen) atoms. The zero-order valence-electron chi connectivity index (χ0n) is 9.83. The number of primary amides is 1. The largest absolute Gasteiger partial charge is 0.381 e. The van der Waals surface area contributed by atoms with E-state index in [9.17, 15) is 14.9 Å². The van der Waals surface area contributed by atoms with Crippen LogP contribution in [0.2, 0.25) is 0 Å². The molecule has 0 fully saturated rings. The van der Waals surface area contributed by atoms with E-state index in [1.807, 2.05) is 0 Å². The molecule has 0 atom stereocenters. The zero-order chi connectivity index (χ0) is 13.8. The standard InChI is InChI=1S/C12H11N3O3S/c13-12(16)9-2-1-3-10(5-9)14-6-8-4-11(15(17)18)19-7-8/h1-5,7,14H,6H2,(H2,13,16). The highest BCUT2D eigenvalue weighted by atomic mass is 32.1. The molecular weight excluding hydrogens is 266 g/mol. The van der Waals surface area contributed by atoms with Crippen molar-refractivity contribution >= 4 is 27.9 Å². The van der Waals surface area contributed by atoms with E-state index in [1.165, 1.54) is 6.07 Å². The van der Waals surface area contributed by atoms with Crippen LogP contribution in [0.25, 0.3) is 0 Å². The highest BCUT2D eigenvalue weighted by Crippen LogP contribution is 2.23. The van der Waals surface area contributed by atoms with E-state index in [1.54, 1.807) is 29.6 Å². The number of amides is 1.